The van der Waals surface area contributed by atoms with Crippen molar-refractivity contribution in [1.82, 2.24) is 20.3 Å². The Bertz CT molecular complexity index is 1770. The molecule has 0 bridgehead atoms. The molecule has 6 rings (SSSR count). The van der Waals surface area contributed by atoms with Crippen LogP contribution in [0.4, 0.5) is 17.6 Å². The molecule has 0 spiro atoms. The van der Waals surface area contributed by atoms with E-state index in [1.165, 1.54) is 18.6 Å². The van der Waals surface area contributed by atoms with Crippen LogP contribution < -0.4 is 16.0 Å². The molecule has 12 heteroatoms. The van der Waals surface area contributed by atoms with E-state index in [-0.39, 0.29) is 26.6 Å². The van der Waals surface area contributed by atoms with E-state index in [4.69, 9.17) is 0 Å². The van der Waals surface area contributed by atoms with Crippen LogP contribution in [0.25, 0.3) is 0 Å². The zero-order valence-corrected chi connectivity index (χ0v) is 27.7. The Morgan fingerprint density at radius 1 is 1.00 bits per heavy atom. The molecule has 1 saturated carbocycles. The molecule has 1 saturated heterocycles. The van der Waals surface area contributed by atoms with Crippen molar-refractivity contribution in [2.24, 2.45) is 5.92 Å². The zero-order chi connectivity index (χ0) is 34.5. The van der Waals surface area contributed by atoms with Crippen LogP contribution in [0, 0.1) is 11.7 Å². The van der Waals surface area contributed by atoms with Gasteiger partial charge in [-0.1, -0.05) is 68.5 Å². The number of alkyl halides is 3. The molecule has 2 fully saturated rings. The highest BCUT2D eigenvalue weighted by atomic mass is 32.2. The molecule has 0 radical (unpaired) electrons. The SMILES string of the molecule is CC.O=C(NCC1CCC1)C1(Cc2ccccc2)CNC(C2=C=C(N(Cc3ccc(C(F)(F)F)cc3)S(=O)(=O)c3ccc(F)cc3)C2)N1.[HH].[HH]. The Labute approximate surface area is 282 Å². The van der Waals surface area contributed by atoms with Crippen molar-refractivity contribution >= 4 is 15.9 Å². The lowest BCUT2D eigenvalue weighted by Crippen LogP contribution is -2.59. The number of halogens is 4. The lowest BCUT2D eigenvalue weighted by Gasteiger charge is -2.33. The molecule has 2 aliphatic carbocycles. The molecule has 3 aliphatic rings. The van der Waals surface area contributed by atoms with Gasteiger partial charge in [-0.05, 0) is 66.3 Å². The first kappa shape index (κ1) is 35.3. The van der Waals surface area contributed by atoms with E-state index in [1.54, 1.807) is 0 Å². The molecule has 48 heavy (non-hydrogen) atoms. The molecule has 0 aromatic heterocycles. The predicted molar refractivity (Wildman–Crippen MR) is 179 cm³/mol. The van der Waals surface area contributed by atoms with Gasteiger partial charge < -0.3 is 5.32 Å². The van der Waals surface area contributed by atoms with Gasteiger partial charge >= 0.3 is 6.18 Å². The van der Waals surface area contributed by atoms with Crippen LogP contribution >= 0.6 is 0 Å². The highest BCUT2D eigenvalue weighted by Gasteiger charge is 2.47. The van der Waals surface area contributed by atoms with Gasteiger partial charge in [0.15, 0.2) is 0 Å². The van der Waals surface area contributed by atoms with Crippen LogP contribution in [-0.2, 0) is 34.0 Å². The minimum absolute atomic E-state index is 0. The maximum Gasteiger partial charge on any atom is 0.416 e. The lowest BCUT2D eigenvalue weighted by molar-refractivity contribution is -0.137. The van der Waals surface area contributed by atoms with Crippen molar-refractivity contribution in [3.05, 3.63) is 118 Å². The summed E-state index contributed by atoms with van der Waals surface area (Å²) >= 11 is 0. The van der Waals surface area contributed by atoms with Crippen molar-refractivity contribution in [3.63, 3.8) is 0 Å². The molecule has 3 aromatic carbocycles. The van der Waals surface area contributed by atoms with E-state index in [0.717, 1.165) is 59.1 Å². The molecule has 1 heterocycles. The van der Waals surface area contributed by atoms with Crippen LogP contribution in [0.15, 0.2) is 101 Å². The highest BCUT2D eigenvalue weighted by molar-refractivity contribution is 7.89. The van der Waals surface area contributed by atoms with Crippen molar-refractivity contribution in [3.8, 4) is 0 Å². The van der Waals surface area contributed by atoms with E-state index in [9.17, 15) is 30.8 Å². The Morgan fingerprint density at radius 2 is 1.65 bits per heavy atom. The summed E-state index contributed by atoms with van der Waals surface area (Å²) in [5.41, 5.74) is 3.70. The second-order valence-electron chi connectivity index (χ2n) is 12.1. The molecular weight excluding hydrogens is 644 g/mol. The summed E-state index contributed by atoms with van der Waals surface area (Å²) in [6.07, 6.45) is -0.976. The summed E-state index contributed by atoms with van der Waals surface area (Å²) < 4.78 is 81.6. The molecule has 260 valence electrons. The van der Waals surface area contributed by atoms with Crippen molar-refractivity contribution in [2.45, 2.75) is 75.3 Å². The minimum Gasteiger partial charge on any atom is -0.354 e. The minimum atomic E-state index is -4.53. The number of nitrogens with zero attached hydrogens (tertiary/aromatic N) is 1. The molecule has 1 amide bonds. The second kappa shape index (κ2) is 14.7. The fourth-order valence-corrected chi connectivity index (χ4v) is 7.40. The summed E-state index contributed by atoms with van der Waals surface area (Å²) in [7, 11) is -4.22. The Kier molecular flexibility index (Phi) is 10.8. The first-order valence-corrected chi connectivity index (χ1v) is 17.6. The van der Waals surface area contributed by atoms with Crippen molar-refractivity contribution < 1.29 is 33.6 Å². The fraction of sp³-hybridized carbons (Fsp3) is 0.389. The van der Waals surface area contributed by atoms with Crippen LogP contribution in [0.2, 0.25) is 0 Å². The van der Waals surface area contributed by atoms with Gasteiger partial charge in [-0.2, -0.15) is 13.2 Å². The van der Waals surface area contributed by atoms with Gasteiger partial charge in [-0.3, -0.25) is 19.7 Å². The third-order valence-corrected chi connectivity index (χ3v) is 10.7. The van der Waals surface area contributed by atoms with Crippen LogP contribution in [-0.4, -0.2) is 43.4 Å². The standard InChI is InChI=1S/C34H34F4N4O3S.C2H6.2H2/c35-28-13-15-30(16-14-28)46(44,45)42(21-25-9-11-27(12-10-25)34(36,37)38)29-17-26(18-29)31-40-22-33(41-31,19-23-5-2-1-3-6-23)32(43)39-20-24-7-4-8-24;1-2;;/h1-3,5-6,9-16,24,31,40-41H,4,7-8,17,19-22H2,(H,39,43);1-2H3;2*1H. The average molecular weight is 689 g/mol. The lowest BCUT2D eigenvalue weighted by atomic mass is 9.85. The smallest absolute Gasteiger partial charge is 0.354 e. The molecule has 3 aromatic rings. The molecule has 3 N–H and O–H groups in total. The predicted octanol–water partition coefficient (Wildman–Crippen LogP) is 6.78. The summed E-state index contributed by atoms with van der Waals surface area (Å²) in [5, 5.41) is 9.97. The number of hydrogen-bond donors (Lipinski definition) is 3. The molecule has 7 nitrogen and oxygen atoms in total. The number of rotatable bonds is 11. The average Bonchev–Trinajstić information content (AvgIpc) is 3.45. The Morgan fingerprint density at radius 3 is 2.23 bits per heavy atom. The van der Waals surface area contributed by atoms with Gasteiger partial charge in [0.05, 0.1) is 28.9 Å². The van der Waals surface area contributed by atoms with Gasteiger partial charge in [-0.25, -0.2) is 12.8 Å². The number of carbonyl (C=O) groups excluding carboxylic acids is 1. The van der Waals surface area contributed by atoms with Crippen molar-refractivity contribution in [2.75, 3.05) is 13.1 Å². The number of benzene rings is 3. The van der Waals surface area contributed by atoms with E-state index < -0.39 is 39.3 Å². The van der Waals surface area contributed by atoms with Gasteiger partial charge in [0.1, 0.15) is 11.4 Å². The van der Waals surface area contributed by atoms with E-state index >= 15 is 0 Å². The summed E-state index contributed by atoms with van der Waals surface area (Å²) in [4.78, 5) is 13.5. The van der Waals surface area contributed by atoms with Crippen LogP contribution in [0.1, 0.15) is 59.1 Å². The fourth-order valence-electron chi connectivity index (χ4n) is 5.95. The van der Waals surface area contributed by atoms with Gasteiger partial charge in [0, 0.05) is 34.4 Å². The topological polar surface area (TPSA) is 90.5 Å². The quantitative estimate of drug-likeness (QED) is 0.153. The first-order chi connectivity index (χ1) is 22.9. The maximum absolute atomic E-state index is 13.8. The van der Waals surface area contributed by atoms with Crippen LogP contribution in [0.5, 0.6) is 0 Å². The Balaban J connectivity index is 0.00000166. The van der Waals surface area contributed by atoms with Gasteiger partial charge in [-0.15, -0.1) is 0 Å². The molecule has 1 aliphatic heterocycles. The monoisotopic (exact) mass is 688 g/mol. The third-order valence-electron chi connectivity index (χ3n) is 8.91. The largest absolute Gasteiger partial charge is 0.416 e. The number of amides is 1. The van der Waals surface area contributed by atoms with E-state index in [1.807, 2.05) is 44.2 Å². The molecule has 2 unspecified atom stereocenters. The maximum atomic E-state index is 13.8. The number of hydrogen-bond acceptors (Lipinski definition) is 5. The summed E-state index contributed by atoms with van der Waals surface area (Å²) in [6, 6.07) is 18.3. The van der Waals surface area contributed by atoms with Gasteiger partial charge in [0.25, 0.3) is 10.0 Å². The summed E-state index contributed by atoms with van der Waals surface area (Å²) in [5.74, 6) is -0.223. The number of carbonyl (C=O) groups is 1. The number of sulfonamides is 1. The molecular formula is C36H44F4N4O3S. The highest BCUT2D eigenvalue weighted by Crippen LogP contribution is 2.35. The van der Waals surface area contributed by atoms with E-state index in [2.05, 4.69) is 21.7 Å². The van der Waals surface area contributed by atoms with Crippen molar-refractivity contribution in [1.29, 1.82) is 0 Å². The normalized spacial score (nSPS) is 20.8. The van der Waals surface area contributed by atoms with Gasteiger partial charge in [0.2, 0.25) is 5.91 Å². The first-order valence-electron chi connectivity index (χ1n) is 16.2. The van der Waals surface area contributed by atoms with E-state index in [0.29, 0.717) is 42.3 Å². The third kappa shape index (κ3) is 7.84. The van der Waals surface area contributed by atoms with Crippen LogP contribution in [0.3, 0.4) is 0 Å². The Hall–Kier alpha value is -3.96. The second-order valence-corrected chi connectivity index (χ2v) is 14.0. The summed E-state index contributed by atoms with van der Waals surface area (Å²) in [6.45, 7) is 4.71. The number of nitrogens with one attached hydrogen (secondary N) is 3. The zero-order valence-electron chi connectivity index (χ0n) is 26.9. The molecule has 2 atom stereocenters.